The second kappa shape index (κ2) is 6.79. The lowest BCUT2D eigenvalue weighted by molar-refractivity contribution is -0.123. The maximum Gasteiger partial charge on any atom is 0.237 e. The summed E-state index contributed by atoms with van der Waals surface area (Å²) in [5, 5.41) is 11.4. The molecule has 1 amide bonds. The third-order valence-corrected chi connectivity index (χ3v) is 2.01. The first-order chi connectivity index (χ1) is 6.47. The Balaban J connectivity index is 3.82. The molecule has 0 bridgehead atoms. The number of aliphatic hydroxyl groups excluding tert-OH is 1. The topological polar surface area (TPSA) is 75.4 Å². The summed E-state index contributed by atoms with van der Waals surface area (Å²) < 4.78 is 0. The van der Waals surface area contributed by atoms with Gasteiger partial charge in [0.25, 0.3) is 0 Å². The van der Waals surface area contributed by atoms with Crippen LogP contribution in [0.3, 0.4) is 0 Å². The zero-order chi connectivity index (χ0) is 11.1. The van der Waals surface area contributed by atoms with Gasteiger partial charge in [0.05, 0.1) is 6.04 Å². The Hall–Kier alpha value is -0.610. The first-order valence-corrected chi connectivity index (χ1v) is 5.14. The molecule has 14 heavy (non-hydrogen) atoms. The molecule has 0 aliphatic carbocycles. The summed E-state index contributed by atoms with van der Waals surface area (Å²) in [7, 11) is 0. The van der Waals surface area contributed by atoms with Crippen LogP contribution in [0.1, 0.15) is 33.6 Å². The molecular weight excluding hydrogens is 180 g/mol. The van der Waals surface area contributed by atoms with Crippen molar-refractivity contribution < 1.29 is 9.90 Å². The zero-order valence-electron chi connectivity index (χ0n) is 9.29. The number of aliphatic hydroxyl groups is 1. The standard InChI is InChI=1S/C10H22N2O2/c1-7(2)6-9(11)10(14)12-8(3)4-5-13/h7-9,13H,4-6,11H2,1-3H3,(H,12,14)/t8?,9-/m0/s1. The van der Waals surface area contributed by atoms with Crippen LogP contribution in [0.25, 0.3) is 0 Å². The summed E-state index contributed by atoms with van der Waals surface area (Å²) in [4.78, 5) is 11.4. The summed E-state index contributed by atoms with van der Waals surface area (Å²) in [5.74, 6) is 0.295. The molecule has 0 aliphatic heterocycles. The maximum atomic E-state index is 11.4. The van der Waals surface area contributed by atoms with E-state index < -0.39 is 6.04 Å². The third-order valence-electron chi connectivity index (χ3n) is 2.01. The van der Waals surface area contributed by atoms with E-state index in [2.05, 4.69) is 5.32 Å². The van der Waals surface area contributed by atoms with Gasteiger partial charge in [-0.05, 0) is 25.7 Å². The number of hydrogen-bond acceptors (Lipinski definition) is 3. The molecule has 4 N–H and O–H groups in total. The second-order valence-corrected chi connectivity index (χ2v) is 4.16. The summed E-state index contributed by atoms with van der Waals surface area (Å²) in [6.07, 6.45) is 1.26. The van der Waals surface area contributed by atoms with E-state index in [-0.39, 0.29) is 18.6 Å². The fourth-order valence-electron chi connectivity index (χ4n) is 1.23. The number of nitrogens with two attached hydrogens (primary N) is 1. The molecule has 0 radical (unpaired) electrons. The molecule has 0 aromatic carbocycles. The fraction of sp³-hybridized carbons (Fsp3) is 0.900. The monoisotopic (exact) mass is 202 g/mol. The minimum Gasteiger partial charge on any atom is -0.396 e. The summed E-state index contributed by atoms with van der Waals surface area (Å²) in [6.45, 7) is 6.01. The van der Waals surface area contributed by atoms with Gasteiger partial charge >= 0.3 is 0 Å². The number of amides is 1. The predicted octanol–water partition coefficient (Wildman–Crippen LogP) is 0.247. The van der Waals surface area contributed by atoms with Gasteiger partial charge in [-0.15, -0.1) is 0 Å². The van der Waals surface area contributed by atoms with E-state index >= 15 is 0 Å². The van der Waals surface area contributed by atoms with Gasteiger partial charge in [-0.3, -0.25) is 4.79 Å². The van der Waals surface area contributed by atoms with E-state index in [4.69, 9.17) is 10.8 Å². The zero-order valence-corrected chi connectivity index (χ0v) is 9.29. The van der Waals surface area contributed by atoms with Crippen molar-refractivity contribution in [1.82, 2.24) is 5.32 Å². The Morgan fingerprint density at radius 3 is 2.43 bits per heavy atom. The Labute approximate surface area is 85.9 Å². The van der Waals surface area contributed by atoms with Gasteiger partial charge in [0.1, 0.15) is 0 Å². The number of nitrogens with one attached hydrogen (secondary N) is 1. The molecule has 0 saturated carbocycles. The quantitative estimate of drug-likeness (QED) is 0.578. The normalized spacial score (nSPS) is 15.3. The number of hydrogen-bond donors (Lipinski definition) is 3. The van der Waals surface area contributed by atoms with Crippen LogP contribution in [-0.4, -0.2) is 29.7 Å². The molecule has 0 aromatic rings. The van der Waals surface area contributed by atoms with Crippen LogP contribution < -0.4 is 11.1 Å². The number of rotatable bonds is 6. The molecule has 2 atom stereocenters. The molecule has 0 aliphatic rings. The SMILES string of the molecule is CC(C)C[C@H](N)C(=O)NC(C)CCO. The van der Waals surface area contributed by atoms with Crippen molar-refractivity contribution in [3.63, 3.8) is 0 Å². The van der Waals surface area contributed by atoms with Gasteiger partial charge in [0, 0.05) is 12.6 Å². The van der Waals surface area contributed by atoms with Gasteiger partial charge in [-0.1, -0.05) is 13.8 Å². The maximum absolute atomic E-state index is 11.4. The number of carbonyl (C=O) groups excluding carboxylic acids is 1. The molecular formula is C10H22N2O2. The molecule has 0 rings (SSSR count). The van der Waals surface area contributed by atoms with Gasteiger partial charge in [-0.25, -0.2) is 0 Å². The fourth-order valence-corrected chi connectivity index (χ4v) is 1.23. The minimum atomic E-state index is -0.434. The van der Waals surface area contributed by atoms with Gasteiger partial charge in [0.15, 0.2) is 0 Å². The van der Waals surface area contributed by atoms with E-state index in [1.165, 1.54) is 0 Å². The van der Waals surface area contributed by atoms with Crippen LogP contribution >= 0.6 is 0 Å². The Morgan fingerprint density at radius 1 is 1.43 bits per heavy atom. The molecule has 0 aromatic heterocycles. The van der Waals surface area contributed by atoms with Crippen molar-refractivity contribution in [1.29, 1.82) is 0 Å². The summed E-state index contributed by atoms with van der Waals surface area (Å²) in [5.41, 5.74) is 5.69. The molecule has 0 heterocycles. The van der Waals surface area contributed by atoms with E-state index in [9.17, 15) is 4.79 Å². The van der Waals surface area contributed by atoms with E-state index in [1.807, 2.05) is 20.8 Å². The van der Waals surface area contributed by atoms with Gasteiger partial charge in [0.2, 0.25) is 5.91 Å². The third kappa shape index (κ3) is 5.94. The summed E-state index contributed by atoms with van der Waals surface area (Å²) in [6, 6.07) is -0.443. The van der Waals surface area contributed by atoms with Crippen LogP contribution in [0.4, 0.5) is 0 Å². The predicted molar refractivity (Wildman–Crippen MR) is 56.7 cm³/mol. The van der Waals surface area contributed by atoms with Crippen LogP contribution in [0.5, 0.6) is 0 Å². The van der Waals surface area contributed by atoms with Gasteiger partial charge < -0.3 is 16.2 Å². The lowest BCUT2D eigenvalue weighted by atomic mass is 10.0. The lowest BCUT2D eigenvalue weighted by Crippen LogP contribution is -2.45. The van der Waals surface area contributed by atoms with Crippen molar-refractivity contribution in [2.45, 2.75) is 45.7 Å². The van der Waals surface area contributed by atoms with Crippen molar-refractivity contribution in [3.8, 4) is 0 Å². The molecule has 4 heteroatoms. The second-order valence-electron chi connectivity index (χ2n) is 4.16. The Morgan fingerprint density at radius 2 is 2.00 bits per heavy atom. The average Bonchev–Trinajstić information content (AvgIpc) is 2.02. The van der Waals surface area contributed by atoms with Crippen molar-refractivity contribution in [2.75, 3.05) is 6.61 Å². The molecule has 0 saturated heterocycles. The van der Waals surface area contributed by atoms with Crippen LogP contribution in [-0.2, 0) is 4.79 Å². The highest BCUT2D eigenvalue weighted by molar-refractivity contribution is 5.81. The van der Waals surface area contributed by atoms with Crippen molar-refractivity contribution >= 4 is 5.91 Å². The molecule has 84 valence electrons. The van der Waals surface area contributed by atoms with Crippen LogP contribution in [0.15, 0.2) is 0 Å². The van der Waals surface area contributed by atoms with E-state index in [1.54, 1.807) is 0 Å². The van der Waals surface area contributed by atoms with E-state index in [0.29, 0.717) is 18.8 Å². The molecule has 0 spiro atoms. The number of carbonyl (C=O) groups is 1. The largest absolute Gasteiger partial charge is 0.396 e. The molecule has 4 nitrogen and oxygen atoms in total. The molecule has 1 unspecified atom stereocenters. The first-order valence-electron chi connectivity index (χ1n) is 5.14. The van der Waals surface area contributed by atoms with Crippen molar-refractivity contribution in [2.24, 2.45) is 11.7 Å². The van der Waals surface area contributed by atoms with Crippen molar-refractivity contribution in [3.05, 3.63) is 0 Å². The smallest absolute Gasteiger partial charge is 0.237 e. The highest BCUT2D eigenvalue weighted by Crippen LogP contribution is 2.03. The Kier molecular flexibility index (Phi) is 6.49. The average molecular weight is 202 g/mol. The van der Waals surface area contributed by atoms with Gasteiger partial charge in [-0.2, -0.15) is 0 Å². The van der Waals surface area contributed by atoms with Crippen LogP contribution in [0, 0.1) is 5.92 Å². The first kappa shape index (κ1) is 13.4. The lowest BCUT2D eigenvalue weighted by Gasteiger charge is -2.17. The highest BCUT2D eigenvalue weighted by atomic mass is 16.3. The van der Waals surface area contributed by atoms with Crippen LogP contribution in [0.2, 0.25) is 0 Å². The minimum absolute atomic E-state index is 0.00860. The molecule has 0 fully saturated rings. The van der Waals surface area contributed by atoms with E-state index in [0.717, 1.165) is 0 Å². The summed E-state index contributed by atoms with van der Waals surface area (Å²) >= 11 is 0. The highest BCUT2D eigenvalue weighted by Gasteiger charge is 2.16. The Bertz CT molecular complexity index is 172.